The molecule has 1 saturated heterocycles. The molecule has 0 radical (unpaired) electrons. The third-order valence-corrected chi connectivity index (χ3v) is 5.97. The van der Waals surface area contributed by atoms with E-state index in [-0.39, 0.29) is 24.2 Å². The number of carbonyl (C=O) groups excluding carboxylic acids is 2. The normalized spacial score (nSPS) is 14.2. The lowest BCUT2D eigenvalue weighted by atomic mass is 10.0. The van der Waals surface area contributed by atoms with E-state index in [0.717, 1.165) is 5.56 Å². The predicted octanol–water partition coefficient (Wildman–Crippen LogP) is 1.96. The van der Waals surface area contributed by atoms with Gasteiger partial charge in [0.2, 0.25) is 5.91 Å². The van der Waals surface area contributed by atoms with Gasteiger partial charge in [0.05, 0.1) is 31.3 Å². The molecule has 34 heavy (non-hydrogen) atoms. The molecule has 4 rings (SSSR count). The second kappa shape index (κ2) is 10.5. The maximum Gasteiger partial charge on any atom is 0.252 e. The number of rotatable bonds is 8. The average Bonchev–Trinajstić information content (AvgIpc) is 3.30. The SMILES string of the molecule is Cc1ccc(CC(=O)N2CCC(Oc3ccc(-c4cn(CCO)nn4)cc3C(N)=O)CC2)cc1. The van der Waals surface area contributed by atoms with E-state index < -0.39 is 5.91 Å². The number of hydrogen-bond acceptors (Lipinski definition) is 6. The lowest BCUT2D eigenvalue weighted by molar-refractivity contribution is -0.132. The van der Waals surface area contributed by atoms with E-state index in [2.05, 4.69) is 10.3 Å². The first-order valence-electron chi connectivity index (χ1n) is 11.4. The van der Waals surface area contributed by atoms with E-state index in [1.807, 2.05) is 36.1 Å². The highest BCUT2D eigenvalue weighted by Gasteiger charge is 2.25. The van der Waals surface area contributed by atoms with Crippen LogP contribution in [-0.2, 0) is 17.8 Å². The Morgan fingerprint density at radius 3 is 2.56 bits per heavy atom. The largest absolute Gasteiger partial charge is 0.489 e. The lowest BCUT2D eigenvalue weighted by Crippen LogP contribution is -2.42. The van der Waals surface area contributed by atoms with E-state index in [1.165, 1.54) is 10.2 Å². The van der Waals surface area contributed by atoms with Crippen LogP contribution in [0.4, 0.5) is 0 Å². The zero-order chi connectivity index (χ0) is 24.1. The molecule has 2 heterocycles. The number of amides is 2. The summed E-state index contributed by atoms with van der Waals surface area (Å²) in [6, 6.07) is 13.2. The molecule has 1 fully saturated rings. The minimum absolute atomic E-state index is 0.0432. The molecule has 0 atom stereocenters. The molecule has 9 heteroatoms. The first-order chi connectivity index (χ1) is 16.4. The van der Waals surface area contributed by atoms with Crippen LogP contribution in [0.5, 0.6) is 5.75 Å². The van der Waals surface area contributed by atoms with Gasteiger partial charge in [-0.05, 0) is 30.7 Å². The maximum absolute atomic E-state index is 12.7. The standard InChI is InChI=1S/C25H29N5O4/c1-17-2-4-18(5-3-17)14-24(32)29-10-8-20(9-11-29)34-23-7-6-19(15-21(23)25(26)33)22-16-30(12-13-31)28-27-22/h2-7,15-16,20,31H,8-14H2,1H3,(H2,26,33). The number of nitrogens with two attached hydrogens (primary N) is 1. The Bertz CT molecular complexity index is 1150. The molecule has 1 aromatic heterocycles. The lowest BCUT2D eigenvalue weighted by Gasteiger charge is -2.32. The van der Waals surface area contributed by atoms with Crippen LogP contribution < -0.4 is 10.5 Å². The molecular weight excluding hydrogens is 434 g/mol. The van der Waals surface area contributed by atoms with Gasteiger partial charge in [0.25, 0.3) is 5.91 Å². The van der Waals surface area contributed by atoms with Crippen molar-refractivity contribution in [1.29, 1.82) is 0 Å². The molecule has 0 aliphatic carbocycles. The smallest absolute Gasteiger partial charge is 0.252 e. The van der Waals surface area contributed by atoms with E-state index in [1.54, 1.807) is 24.4 Å². The molecule has 0 spiro atoms. The Labute approximate surface area is 198 Å². The number of carbonyl (C=O) groups is 2. The van der Waals surface area contributed by atoms with E-state index in [4.69, 9.17) is 15.6 Å². The molecule has 178 valence electrons. The summed E-state index contributed by atoms with van der Waals surface area (Å²) in [5, 5.41) is 17.1. The number of ether oxygens (including phenoxy) is 1. The Hall–Kier alpha value is -3.72. The Kier molecular flexibility index (Phi) is 7.22. The summed E-state index contributed by atoms with van der Waals surface area (Å²) in [5.74, 6) is -0.0625. The van der Waals surface area contributed by atoms with Crippen molar-refractivity contribution in [1.82, 2.24) is 19.9 Å². The number of aryl methyl sites for hydroxylation is 1. The number of primary amides is 1. The number of piperidine rings is 1. The van der Waals surface area contributed by atoms with Crippen LogP contribution in [-0.4, -0.2) is 62.6 Å². The van der Waals surface area contributed by atoms with Gasteiger partial charge in [-0.3, -0.25) is 9.59 Å². The van der Waals surface area contributed by atoms with Crippen molar-refractivity contribution >= 4 is 11.8 Å². The molecule has 9 nitrogen and oxygen atoms in total. The highest BCUT2D eigenvalue weighted by atomic mass is 16.5. The van der Waals surface area contributed by atoms with E-state index >= 15 is 0 Å². The summed E-state index contributed by atoms with van der Waals surface area (Å²) >= 11 is 0. The summed E-state index contributed by atoms with van der Waals surface area (Å²) in [6.45, 7) is 3.53. The Morgan fingerprint density at radius 1 is 1.15 bits per heavy atom. The molecule has 1 aliphatic rings. The molecule has 3 aromatic rings. The van der Waals surface area contributed by atoms with Gasteiger partial charge in [-0.15, -0.1) is 5.10 Å². The van der Waals surface area contributed by atoms with Crippen molar-refractivity contribution in [2.24, 2.45) is 5.73 Å². The van der Waals surface area contributed by atoms with Gasteiger partial charge >= 0.3 is 0 Å². The number of aliphatic hydroxyl groups excluding tert-OH is 1. The minimum atomic E-state index is -0.592. The zero-order valence-electron chi connectivity index (χ0n) is 19.2. The number of hydrogen-bond donors (Lipinski definition) is 2. The van der Waals surface area contributed by atoms with Crippen LogP contribution in [0, 0.1) is 6.92 Å². The first kappa shape index (κ1) is 23.4. The van der Waals surface area contributed by atoms with Gasteiger partial charge in [-0.1, -0.05) is 35.0 Å². The minimum Gasteiger partial charge on any atom is -0.489 e. The van der Waals surface area contributed by atoms with Crippen molar-refractivity contribution in [2.45, 2.75) is 38.8 Å². The van der Waals surface area contributed by atoms with Crippen LogP contribution in [0.25, 0.3) is 11.3 Å². The quantitative estimate of drug-likeness (QED) is 0.526. The number of likely N-dealkylation sites (tertiary alicyclic amines) is 1. The Morgan fingerprint density at radius 2 is 1.88 bits per heavy atom. The third kappa shape index (κ3) is 5.60. The van der Waals surface area contributed by atoms with Gasteiger partial charge in [-0.2, -0.15) is 0 Å². The molecular formula is C25H29N5O4. The number of aliphatic hydroxyl groups is 1. The van der Waals surface area contributed by atoms with Crippen molar-refractivity contribution in [3.63, 3.8) is 0 Å². The second-order valence-corrected chi connectivity index (χ2v) is 8.53. The zero-order valence-corrected chi connectivity index (χ0v) is 19.2. The van der Waals surface area contributed by atoms with Crippen LogP contribution >= 0.6 is 0 Å². The second-order valence-electron chi connectivity index (χ2n) is 8.53. The topological polar surface area (TPSA) is 124 Å². The van der Waals surface area contributed by atoms with Crippen molar-refractivity contribution in [3.8, 4) is 17.0 Å². The first-order valence-corrected chi connectivity index (χ1v) is 11.4. The molecule has 3 N–H and O–H groups in total. The summed E-state index contributed by atoms with van der Waals surface area (Å²) in [4.78, 5) is 26.6. The van der Waals surface area contributed by atoms with Gasteiger partial charge < -0.3 is 20.5 Å². The monoisotopic (exact) mass is 463 g/mol. The van der Waals surface area contributed by atoms with Gasteiger partial charge in [0.15, 0.2) is 0 Å². The summed E-state index contributed by atoms with van der Waals surface area (Å²) < 4.78 is 7.65. The molecule has 1 aliphatic heterocycles. The fourth-order valence-corrected chi connectivity index (χ4v) is 4.02. The summed E-state index contributed by atoms with van der Waals surface area (Å²) in [5.41, 5.74) is 9.33. The Balaban J connectivity index is 1.37. The van der Waals surface area contributed by atoms with Gasteiger partial charge in [-0.25, -0.2) is 4.68 Å². The molecule has 0 bridgehead atoms. The van der Waals surface area contributed by atoms with Crippen molar-refractivity contribution in [2.75, 3.05) is 19.7 Å². The summed E-state index contributed by atoms with van der Waals surface area (Å²) in [7, 11) is 0. The maximum atomic E-state index is 12.7. The van der Waals surface area contributed by atoms with Crippen molar-refractivity contribution in [3.05, 3.63) is 65.4 Å². The highest BCUT2D eigenvalue weighted by molar-refractivity contribution is 5.97. The third-order valence-electron chi connectivity index (χ3n) is 5.97. The predicted molar refractivity (Wildman–Crippen MR) is 126 cm³/mol. The van der Waals surface area contributed by atoms with Crippen LogP contribution in [0.15, 0.2) is 48.7 Å². The van der Waals surface area contributed by atoms with Crippen molar-refractivity contribution < 1.29 is 19.4 Å². The van der Waals surface area contributed by atoms with Crippen LogP contribution in [0.3, 0.4) is 0 Å². The van der Waals surface area contributed by atoms with E-state index in [0.29, 0.717) is 55.9 Å². The molecule has 2 amide bonds. The van der Waals surface area contributed by atoms with Gasteiger partial charge in [0, 0.05) is 31.5 Å². The van der Waals surface area contributed by atoms with Crippen LogP contribution in [0.1, 0.15) is 34.3 Å². The average molecular weight is 464 g/mol. The number of aromatic nitrogens is 3. The molecule has 0 saturated carbocycles. The fraction of sp³-hybridized carbons (Fsp3) is 0.360. The summed E-state index contributed by atoms with van der Waals surface area (Å²) in [6.07, 6.45) is 3.32. The molecule has 0 unspecified atom stereocenters. The fourth-order valence-electron chi connectivity index (χ4n) is 4.02. The number of nitrogens with zero attached hydrogens (tertiary/aromatic N) is 4. The van der Waals surface area contributed by atoms with Gasteiger partial charge in [0.1, 0.15) is 17.5 Å². The van der Waals surface area contributed by atoms with E-state index in [9.17, 15) is 9.59 Å². The molecule has 2 aromatic carbocycles. The highest BCUT2D eigenvalue weighted by Crippen LogP contribution is 2.28. The number of benzene rings is 2. The van der Waals surface area contributed by atoms with Crippen LogP contribution in [0.2, 0.25) is 0 Å².